The number of hydrogen-bond donors (Lipinski definition) is 0. The summed E-state index contributed by atoms with van der Waals surface area (Å²) in [4.78, 5) is 26.2. The molecule has 2 saturated heterocycles. The van der Waals surface area contributed by atoms with E-state index in [0.717, 1.165) is 6.07 Å². The van der Waals surface area contributed by atoms with Crippen molar-refractivity contribution < 1.29 is 38.4 Å². The maximum absolute atomic E-state index is 12.8. The lowest BCUT2D eigenvalue weighted by Crippen LogP contribution is -2.58. The number of morpholine rings is 1. The van der Waals surface area contributed by atoms with Gasteiger partial charge in [0.25, 0.3) is 5.35 Å². The van der Waals surface area contributed by atoms with Crippen molar-refractivity contribution in [1.82, 2.24) is 9.80 Å². The molecule has 0 spiro atoms. The van der Waals surface area contributed by atoms with Gasteiger partial charge in [-0.25, -0.2) is 4.79 Å². The number of likely N-dealkylation sites (tertiary alicyclic amines) is 1. The molecule has 3 aliphatic rings. The van der Waals surface area contributed by atoms with Crippen LogP contribution >= 0.6 is 0 Å². The Morgan fingerprint density at radius 1 is 1.37 bits per heavy atom. The van der Waals surface area contributed by atoms with Crippen molar-refractivity contribution in [3.8, 4) is 11.5 Å². The highest BCUT2D eigenvalue weighted by atomic mass is 16.7. The molecular formula is C16H17N4O7-. The number of nitrogens with zero attached hydrogens (tertiary/aromatic N) is 4. The standard InChI is InChI=1S/C16H17N4O7/c1-9(21)18-6-10(7-18)26-16(24)27-14-11(22)2-3-20-13(14)15(23)19-4-5-25-8-12(19)17-20/h2-3,10,12H,4-8H2,1H3/q-1/t12-/m0/s1. The van der Waals surface area contributed by atoms with E-state index in [-0.39, 0.29) is 31.0 Å². The largest absolute Gasteiger partial charge is 0.870 e. The van der Waals surface area contributed by atoms with Gasteiger partial charge in [0.2, 0.25) is 24.0 Å². The highest BCUT2D eigenvalue weighted by Crippen LogP contribution is 2.21. The van der Waals surface area contributed by atoms with Gasteiger partial charge in [0.05, 0.1) is 26.3 Å². The maximum atomic E-state index is 12.8. The van der Waals surface area contributed by atoms with Crippen molar-refractivity contribution in [1.29, 1.82) is 0 Å². The number of hydrogen-bond acceptors (Lipinski definition) is 9. The van der Waals surface area contributed by atoms with Crippen molar-refractivity contribution in [2.45, 2.75) is 19.2 Å². The summed E-state index contributed by atoms with van der Waals surface area (Å²) in [6, 6.07) is 1.16. The molecule has 0 N–H and O–H groups in total. The first-order valence-electron chi connectivity index (χ1n) is 8.43. The van der Waals surface area contributed by atoms with Crippen LogP contribution < -0.4 is 24.7 Å². The van der Waals surface area contributed by atoms with Crippen LogP contribution in [0.15, 0.2) is 17.4 Å². The Bertz CT molecular complexity index is 912. The number of carbonyl (C=O) groups is 2. The first-order chi connectivity index (χ1) is 12.9. The molecule has 27 heavy (non-hydrogen) atoms. The number of carbonyl (C=O) groups excluding carboxylic acids is 2. The van der Waals surface area contributed by atoms with Gasteiger partial charge >= 0.3 is 6.16 Å². The van der Waals surface area contributed by atoms with Gasteiger partial charge in [-0.15, -0.1) is 0 Å². The van der Waals surface area contributed by atoms with Crippen LogP contribution in [0.2, 0.25) is 0 Å². The minimum absolute atomic E-state index is 0.120. The predicted molar refractivity (Wildman–Crippen MR) is 81.4 cm³/mol. The second-order valence-electron chi connectivity index (χ2n) is 6.39. The molecule has 0 aromatic carbocycles. The Hall–Kier alpha value is -3.08. The molecule has 4 heterocycles. The topological polar surface area (TPSA) is 133 Å². The number of fused-ring (bicyclic) bond motifs is 2. The van der Waals surface area contributed by atoms with E-state index in [4.69, 9.17) is 14.2 Å². The molecule has 11 heteroatoms. The molecular weight excluding hydrogens is 360 g/mol. The highest BCUT2D eigenvalue weighted by Gasteiger charge is 2.34. The van der Waals surface area contributed by atoms with Crippen LogP contribution in [0.25, 0.3) is 5.88 Å². The zero-order chi connectivity index (χ0) is 19.1. The Balaban J connectivity index is 1.58. The van der Waals surface area contributed by atoms with Crippen LogP contribution in [0.4, 0.5) is 4.79 Å². The summed E-state index contributed by atoms with van der Waals surface area (Å²) in [5.74, 6) is -1.65. The Labute approximate surface area is 153 Å². The van der Waals surface area contributed by atoms with E-state index < -0.39 is 35.8 Å². The Morgan fingerprint density at radius 2 is 2.15 bits per heavy atom. The molecule has 0 aliphatic carbocycles. The molecule has 0 unspecified atom stereocenters. The zero-order valence-electron chi connectivity index (χ0n) is 14.5. The Kier molecular flexibility index (Phi) is 4.22. The zero-order valence-corrected chi connectivity index (χ0v) is 14.5. The summed E-state index contributed by atoms with van der Waals surface area (Å²) in [6.07, 6.45) is -0.761. The van der Waals surface area contributed by atoms with Gasteiger partial charge < -0.3 is 34.2 Å². The second kappa shape index (κ2) is 6.58. The third-order valence-electron chi connectivity index (χ3n) is 4.60. The van der Waals surface area contributed by atoms with Gasteiger partial charge in [-0.1, -0.05) is 10.1 Å². The van der Waals surface area contributed by atoms with Crippen LogP contribution in [0, 0.1) is 0 Å². The van der Waals surface area contributed by atoms with Crippen LogP contribution in [0.5, 0.6) is 11.5 Å². The molecule has 1 amide bonds. The maximum Gasteiger partial charge on any atom is 0.514 e. The molecule has 2 fully saturated rings. The summed E-state index contributed by atoms with van der Waals surface area (Å²) >= 11 is 0. The smallest absolute Gasteiger partial charge is 0.514 e. The van der Waals surface area contributed by atoms with Crippen molar-refractivity contribution >= 4 is 17.9 Å². The van der Waals surface area contributed by atoms with Gasteiger partial charge in [-0.2, -0.15) is 0 Å². The number of aromatic nitrogens is 1. The molecule has 144 valence electrons. The van der Waals surface area contributed by atoms with Crippen LogP contribution in [-0.4, -0.2) is 67.0 Å². The first kappa shape index (κ1) is 17.3. The normalized spacial score (nSPS) is 21.5. The SMILES string of the molecule is CC(=O)N1CC(OC(=O)Oc2c([O-])cc[n+]3c2=C([O-])N2CCOC[C@H]2N=3)C1. The lowest BCUT2D eigenvalue weighted by molar-refractivity contribution is -0.580. The first-order valence-corrected chi connectivity index (χ1v) is 8.43. The molecule has 0 saturated carbocycles. The average Bonchev–Trinajstić information content (AvgIpc) is 2.60. The molecule has 0 bridgehead atoms. The predicted octanol–water partition coefficient (Wildman–Crippen LogP) is -3.08. The lowest BCUT2D eigenvalue weighted by Gasteiger charge is -2.38. The lowest BCUT2D eigenvalue weighted by atomic mass is 10.2. The number of ether oxygens (including phenoxy) is 3. The van der Waals surface area contributed by atoms with E-state index >= 15 is 0 Å². The summed E-state index contributed by atoms with van der Waals surface area (Å²) in [6.45, 7) is 2.88. The molecule has 4 rings (SSSR count). The van der Waals surface area contributed by atoms with E-state index in [1.165, 1.54) is 27.3 Å². The number of rotatable bonds is 2. The van der Waals surface area contributed by atoms with E-state index in [1.54, 1.807) is 0 Å². The summed E-state index contributed by atoms with van der Waals surface area (Å²) in [5.41, 5.74) is 0. The van der Waals surface area contributed by atoms with Gasteiger partial charge in [-0.3, -0.25) is 4.79 Å². The summed E-state index contributed by atoms with van der Waals surface area (Å²) < 4.78 is 16.7. The fourth-order valence-corrected chi connectivity index (χ4v) is 3.12. The fraction of sp³-hybridized carbons (Fsp3) is 0.500. The second-order valence-corrected chi connectivity index (χ2v) is 6.39. The van der Waals surface area contributed by atoms with E-state index in [2.05, 4.69) is 5.11 Å². The number of pyridine rings is 1. The molecule has 0 radical (unpaired) electrons. The highest BCUT2D eigenvalue weighted by molar-refractivity contribution is 5.74. The third-order valence-corrected chi connectivity index (χ3v) is 4.60. The van der Waals surface area contributed by atoms with Crippen LogP contribution in [-0.2, 0) is 14.3 Å². The van der Waals surface area contributed by atoms with Gasteiger partial charge in [0.1, 0.15) is 6.10 Å². The minimum Gasteiger partial charge on any atom is -0.870 e. The van der Waals surface area contributed by atoms with E-state index in [1.807, 2.05) is 0 Å². The quantitative estimate of drug-likeness (QED) is 0.392. The minimum atomic E-state index is -1.11. The monoisotopic (exact) mass is 377 g/mol. The molecule has 11 nitrogen and oxygen atoms in total. The fourth-order valence-electron chi connectivity index (χ4n) is 3.12. The average molecular weight is 377 g/mol. The van der Waals surface area contributed by atoms with Crippen molar-refractivity contribution in [3.05, 3.63) is 17.6 Å². The van der Waals surface area contributed by atoms with Gasteiger partial charge in [0.15, 0.2) is 0 Å². The third kappa shape index (κ3) is 3.10. The molecule has 1 atom stereocenters. The number of amides is 1. The van der Waals surface area contributed by atoms with E-state index in [9.17, 15) is 19.8 Å². The van der Waals surface area contributed by atoms with Gasteiger partial charge in [0, 0.05) is 25.4 Å². The van der Waals surface area contributed by atoms with Crippen LogP contribution in [0.3, 0.4) is 0 Å². The van der Waals surface area contributed by atoms with Crippen LogP contribution in [0.1, 0.15) is 6.92 Å². The molecule has 1 aromatic heterocycles. The molecule has 1 aromatic rings. The van der Waals surface area contributed by atoms with Crippen molar-refractivity contribution in [2.75, 3.05) is 32.8 Å². The molecule has 3 aliphatic heterocycles. The summed E-state index contributed by atoms with van der Waals surface area (Å²) in [7, 11) is 0. The Morgan fingerprint density at radius 3 is 2.89 bits per heavy atom. The van der Waals surface area contributed by atoms with Crippen molar-refractivity contribution in [2.24, 2.45) is 5.11 Å². The van der Waals surface area contributed by atoms with Crippen molar-refractivity contribution in [3.63, 3.8) is 0 Å². The van der Waals surface area contributed by atoms with Gasteiger partial charge in [-0.05, 0) is 5.11 Å². The van der Waals surface area contributed by atoms with E-state index in [0.29, 0.717) is 13.2 Å². The summed E-state index contributed by atoms with van der Waals surface area (Å²) in [5, 5.41) is 29.2.